The minimum absolute atomic E-state index is 0.00271. The van der Waals surface area contributed by atoms with Gasteiger partial charge in [-0.2, -0.15) is 0 Å². The Labute approximate surface area is 242 Å². The number of imidazole rings is 1. The molecule has 10 heteroatoms. The van der Waals surface area contributed by atoms with Crippen LogP contribution >= 0.6 is 0 Å². The van der Waals surface area contributed by atoms with Gasteiger partial charge in [-0.25, -0.2) is 4.98 Å². The van der Waals surface area contributed by atoms with Crippen LogP contribution in [0.1, 0.15) is 46.4 Å². The normalized spacial score (nSPS) is 16.3. The van der Waals surface area contributed by atoms with Crippen LogP contribution < -0.4 is 15.0 Å². The third-order valence-corrected chi connectivity index (χ3v) is 8.28. The zero-order chi connectivity index (χ0) is 28.8. The fraction of sp³-hybridized carbons (Fsp3) is 0.312. The van der Waals surface area contributed by atoms with Crippen LogP contribution in [-0.4, -0.2) is 56.9 Å². The molecule has 0 bridgehead atoms. The third-order valence-electron chi connectivity index (χ3n) is 8.28. The molecule has 42 heavy (non-hydrogen) atoms. The fourth-order valence-electron chi connectivity index (χ4n) is 6.17. The lowest BCUT2D eigenvalue weighted by Crippen LogP contribution is -2.48. The van der Waals surface area contributed by atoms with Gasteiger partial charge in [-0.1, -0.05) is 23.4 Å². The maximum Gasteiger partial charge on any atom is 0.255 e. The van der Waals surface area contributed by atoms with E-state index in [2.05, 4.69) is 37.1 Å². The predicted octanol–water partition coefficient (Wildman–Crippen LogP) is 5.04. The molecule has 7 rings (SSSR count). The van der Waals surface area contributed by atoms with Gasteiger partial charge in [0.2, 0.25) is 5.95 Å². The number of aromatic nitrogens is 4. The van der Waals surface area contributed by atoms with Crippen LogP contribution in [0.3, 0.4) is 0 Å². The lowest BCUT2D eigenvalue weighted by atomic mass is 9.95. The molecule has 0 radical (unpaired) electrons. The molecule has 0 unspecified atom stereocenters. The fourth-order valence-corrected chi connectivity index (χ4v) is 6.17. The number of rotatable bonds is 8. The van der Waals surface area contributed by atoms with Crippen molar-refractivity contribution in [2.45, 2.75) is 32.7 Å². The number of nitrogens with zero attached hydrogens (tertiary/aromatic N) is 5. The monoisotopic (exact) mass is 564 g/mol. The Morgan fingerprint density at radius 1 is 1.10 bits per heavy atom. The van der Waals surface area contributed by atoms with E-state index in [9.17, 15) is 9.90 Å². The van der Waals surface area contributed by atoms with Gasteiger partial charge in [0.15, 0.2) is 5.75 Å². The first-order chi connectivity index (χ1) is 20.5. The van der Waals surface area contributed by atoms with E-state index in [0.717, 1.165) is 76.9 Å². The topological polar surface area (TPSA) is 119 Å². The molecule has 10 nitrogen and oxygen atoms in total. The van der Waals surface area contributed by atoms with Crippen LogP contribution in [0.2, 0.25) is 0 Å². The molecule has 1 amide bonds. The number of phenolic OH excluding ortho intramolecular Hbond substituents is 1. The Bertz CT molecular complexity index is 1750. The Kier molecular flexibility index (Phi) is 6.53. The summed E-state index contributed by atoms with van der Waals surface area (Å²) in [6, 6.07) is 16.6. The number of aromatic hydroxyl groups is 1. The number of anilines is 1. The first-order valence-corrected chi connectivity index (χ1v) is 14.3. The number of nitrogens with one attached hydrogen (secondary N) is 1. The smallest absolute Gasteiger partial charge is 0.255 e. The second-order valence-electron chi connectivity index (χ2n) is 11.1. The largest absolute Gasteiger partial charge is 0.507 e. The van der Waals surface area contributed by atoms with E-state index < -0.39 is 0 Å². The molecular formula is C32H32N6O4. The van der Waals surface area contributed by atoms with Crippen molar-refractivity contribution >= 4 is 22.9 Å². The number of aryl methyl sites for hydroxylation is 2. The summed E-state index contributed by atoms with van der Waals surface area (Å²) < 4.78 is 14.3. The maximum atomic E-state index is 12.4. The van der Waals surface area contributed by atoms with Gasteiger partial charge < -0.3 is 24.6 Å². The molecule has 0 saturated carbocycles. The number of carbonyl (C=O) groups is 1. The number of phenols is 1. The van der Waals surface area contributed by atoms with Gasteiger partial charge in [-0.05, 0) is 69.0 Å². The quantitative estimate of drug-likeness (QED) is 0.252. The molecule has 0 spiro atoms. The number of hydrogen-bond donors (Lipinski definition) is 2. The SMILES string of the molecule is Cc1noc(C)c1-c1ccc2nc(N3CC(CCCNC(=O)c4ccccc4O)C3)n3c2c1OC[C@@H]3c1ccccn1. The molecule has 5 heterocycles. The summed E-state index contributed by atoms with van der Waals surface area (Å²) >= 11 is 0. The highest BCUT2D eigenvalue weighted by molar-refractivity contribution is 5.96. The van der Waals surface area contributed by atoms with Crippen molar-refractivity contribution in [3.8, 4) is 22.6 Å². The van der Waals surface area contributed by atoms with E-state index in [1.807, 2.05) is 38.2 Å². The zero-order valence-electron chi connectivity index (χ0n) is 23.6. The van der Waals surface area contributed by atoms with Crippen molar-refractivity contribution in [3.05, 3.63) is 83.5 Å². The van der Waals surface area contributed by atoms with Gasteiger partial charge in [0.25, 0.3) is 5.91 Å². The maximum absolute atomic E-state index is 12.4. The first kappa shape index (κ1) is 26.1. The molecule has 214 valence electrons. The van der Waals surface area contributed by atoms with Gasteiger partial charge in [0, 0.05) is 31.4 Å². The van der Waals surface area contributed by atoms with E-state index in [1.165, 1.54) is 6.07 Å². The van der Waals surface area contributed by atoms with E-state index in [-0.39, 0.29) is 17.7 Å². The van der Waals surface area contributed by atoms with Gasteiger partial charge in [-0.15, -0.1) is 0 Å². The molecule has 2 N–H and O–H groups in total. The molecule has 1 saturated heterocycles. The highest BCUT2D eigenvalue weighted by Crippen LogP contribution is 2.46. The molecule has 2 aromatic carbocycles. The second kappa shape index (κ2) is 10.5. The van der Waals surface area contributed by atoms with Crippen molar-refractivity contribution in [1.29, 1.82) is 0 Å². The summed E-state index contributed by atoms with van der Waals surface area (Å²) in [7, 11) is 0. The van der Waals surface area contributed by atoms with E-state index in [4.69, 9.17) is 14.2 Å². The molecule has 5 aromatic rings. The minimum Gasteiger partial charge on any atom is -0.507 e. The van der Waals surface area contributed by atoms with Crippen LogP contribution in [-0.2, 0) is 0 Å². The van der Waals surface area contributed by atoms with E-state index in [1.54, 1.807) is 18.2 Å². The number of benzene rings is 2. The summed E-state index contributed by atoms with van der Waals surface area (Å²) in [4.78, 5) is 24.5. The van der Waals surface area contributed by atoms with Crippen LogP contribution in [0.15, 0.2) is 65.3 Å². The van der Waals surface area contributed by atoms with Gasteiger partial charge in [0.1, 0.15) is 29.7 Å². The Morgan fingerprint density at radius 3 is 2.69 bits per heavy atom. The number of carbonyl (C=O) groups excluding carboxylic acids is 1. The van der Waals surface area contributed by atoms with Crippen LogP contribution in [0.25, 0.3) is 22.2 Å². The van der Waals surface area contributed by atoms with Crippen LogP contribution in [0.5, 0.6) is 11.5 Å². The first-order valence-electron chi connectivity index (χ1n) is 14.3. The third kappa shape index (κ3) is 4.43. The van der Waals surface area contributed by atoms with Gasteiger partial charge >= 0.3 is 0 Å². The van der Waals surface area contributed by atoms with Gasteiger partial charge in [0.05, 0.1) is 28.0 Å². The predicted molar refractivity (Wildman–Crippen MR) is 158 cm³/mol. The molecule has 2 aliphatic heterocycles. The Morgan fingerprint density at radius 2 is 1.93 bits per heavy atom. The average Bonchev–Trinajstić information content (AvgIpc) is 3.53. The molecule has 3 aromatic heterocycles. The number of pyridine rings is 1. The van der Waals surface area contributed by atoms with Crippen molar-refractivity contribution in [1.82, 2.24) is 25.0 Å². The minimum atomic E-state index is -0.249. The highest BCUT2D eigenvalue weighted by Gasteiger charge is 2.37. The van der Waals surface area contributed by atoms with Crippen molar-refractivity contribution in [2.75, 3.05) is 31.1 Å². The molecular weight excluding hydrogens is 532 g/mol. The summed E-state index contributed by atoms with van der Waals surface area (Å²) in [5.74, 6) is 2.73. The average molecular weight is 565 g/mol. The summed E-state index contributed by atoms with van der Waals surface area (Å²) in [6.07, 6.45) is 3.67. The molecule has 2 aliphatic rings. The lowest BCUT2D eigenvalue weighted by molar-refractivity contribution is 0.0949. The summed E-state index contributed by atoms with van der Waals surface area (Å²) in [6.45, 7) is 6.65. The number of hydrogen-bond acceptors (Lipinski definition) is 8. The summed E-state index contributed by atoms with van der Waals surface area (Å²) in [5, 5.41) is 17.0. The zero-order valence-corrected chi connectivity index (χ0v) is 23.6. The standard InChI is InChI=1S/C32H32N6O4/c1-19-28(20(2)42-36-19)23-12-13-25-29-30(23)41-18-26(24-10-5-6-14-33-24)38(29)32(35-25)37-16-21(17-37)8-7-15-34-31(40)22-9-3-4-11-27(22)39/h3-6,9-14,21,26,39H,7-8,15-18H2,1-2H3,(H,34,40)/t26-/m1/s1. The molecule has 1 fully saturated rings. The summed E-state index contributed by atoms with van der Waals surface area (Å²) in [5.41, 5.74) is 5.81. The Hall–Kier alpha value is -4.86. The van der Waals surface area contributed by atoms with Gasteiger partial charge in [-0.3, -0.25) is 14.3 Å². The highest BCUT2D eigenvalue weighted by atomic mass is 16.5. The van der Waals surface area contributed by atoms with E-state index in [0.29, 0.717) is 24.6 Å². The van der Waals surface area contributed by atoms with E-state index >= 15 is 0 Å². The van der Waals surface area contributed by atoms with Crippen LogP contribution in [0.4, 0.5) is 5.95 Å². The van der Waals surface area contributed by atoms with Crippen molar-refractivity contribution in [2.24, 2.45) is 5.92 Å². The van der Waals surface area contributed by atoms with Crippen molar-refractivity contribution in [3.63, 3.8) is 0 Å². The number of para-hydroxylation sites is 1. The Balaban J connectivity index is 1.12. The number of amides is 1. The number of ether oxygens (including phenoxy) is 1. The lowest BCUT2D eigenvalue weighted by Gasteiger charge is -2.41. The van der Waals surface area contributed by atoms with Crippen molar-refractivity contribution < 1.29 is 19.2 Å². The second-order valence-corrected chi connectivity index (χ2v) is 11.1. The molecule has 0 aliphatic carbocycles. The molecule has 1 atom stereocenters. The van der Waals surface area contributed by atoms with Crippen LogP contribution in [0, 0.1) is 19.8 Å².